The fourth-order valence-corrected chi connectivity index (χ4v) is 3.13. The number of nitrogens with zero attached hydrogens (tertiary/aromatic N) is 1. The van der Waals surface area contributed by atoms with E-state index in [0.717, 1.165) is 0 Å². The minimum atomic E-state index is -0.902. The molecule has 0 bridgehead atoms. The number of amides is 1. The molecule has 2 aromatic rings. The van der Waals surface area contributed by atoms with Crippen LogP contribution in [0, 0.1) is 5.92 Å². The van der Waals surface area contributed by atoms with Crippen molar-refractivity contribution in [3.8, 4) is 5.75 Å². The molecule has 0 radical (unpaired) electrons. The molecule has 1 aliphatic heterocycles. The number of anilines is 1. The number of ketones is 1. The van der Waals surface area contributed by atoms with Crippen LogP contribution in [0.15, 0.2) is 54.6 Å². The van der Waals surface area contributed by atoms with Crippen molar-refractivity contribution >= 4 is 17.4 Å². The van der Waals surface area contributed by atoms with Crippen molar-refractivity contribution in [2.45, 2.75) is 19.1 Å². The van der Waals surface area contributed by atoms with Crippen LogP contribution in [0.1, 0.15) is 17.3 Å². The Morgan fingerprint density at radius 1 is 1.12 bits per heavy atom. The molecule has 3 unspecified atom stereocenters. The van der Waals surface area contributed by atoms with E-state index >= 15 is 0 Å². The molecular formula is C19H19NO4. The number of methoxy groups -OCH3 is 1. The molecule has 1 heterocycles. The number of para-hydroxylation sites is 2. The molecule has 5 heteroatoms. The van der Waals surface area contributed by atoms with Gasteiger partial charge in [-0.25, -0.2) is 0 Å². The van der Waals surface area contributed by atoms with Crippen molar-refractivity contribution < 1.29 is 19.4 Å². The summed E-state index contributed by atoms with van der Waals surface area (Å²) in [5.74, 6) is -0.695. The first kappa shape index (κ1) is 16.2. The number of hydrogen-bond donors (Lipinski definition) is 1. The van der Waals surface area contributed by atoms with Crippen molar-refractivity contribution in [1.82, 2.24) is 0 Å². The van der Waals surface area contributed by atoms with E-state index in [1.165, 1.54) is 18.9 Å². The topological polar surface area (TPSA) is 66.8 Å². The highest BCUT2D eigenvalue weighted by Crippen LogP contribution is 2.40. The first-order chi connectivity index (χ1) is 11.6. The number of rotatable bonds is 5. The number of aliphatic hydroxyl groups is 1. The summed E-state index contributed by atoms with van der Waals surface area (Å²) in [7, 11) is 1.52. The Balaban J connectivity index is 2.02. The van der Waals surface area contributed by atoms with Gasteiger partial charge in [0.2, 0.25) is 5.91 Å². The molecule has 3 rings (SSSR count). The van der Waals surface area contributed by atoms with Crippen LogP contribution in [0.2, 0.25) is 0 Å². The lowest BCUT2D eigenvalue weighted by Crippen LogP contribution is -2.67. The van der Waals surface area contributed by atoms with Crippen LogP contribution in [-0.2, 0) is 4.79 Å². The van der Waals surface area contributed by atoms with Crippen molar-refractivity contribution in [3.63, 3.8) is 0 Å². The van der Waals surface area contributed by atoms with E-state index in [9.17, 15) is 14.7 Å². The molecule has 124 valence electrons. The molecular weight excluding hydrogens is 306 g/mol. The normalized spacial score (nSPS) is 21.1. The van der Waals surface area contributed by atoms with Crippen LogP contribution in [-0.4, -0.2) is 36.1 Å². The Labute approximate surface area is 140 Å². The second kappa shape index (κ2) is 6.45. The third kappa shape index (κ3) is 2.57. The summed E-state index contributed by atoms with van der Waals surface area (Å²) in [6.45, 7) is 1.54. The van der Waals surface area contributed by atoms with Gasteiger partial charge in [-0.05, 0) is 19.1 Å². The minimum absolute atomic E-state index is 0.188. The van der Waals surface area contributed by atoms with E-state index in [1.54, 1.807) is 48.5 Å². The third-order valence-electron chi connectivity index (χ3n) is 4.33. The summed E-state index contributed by atoms with van der Waals surface area (Å²) < 4.78 is 5.31. The molecule has 0 aliphatic carbocycles. The maximum Gasteiger partial charge on any atom is 0.236 e. The molecule has 0 aromatic heterocycles. The maximum absolute atomic E-state index is 12.9. The zero-order chi connectivity index (χ0) is 17.3. The van der Waals surface area contributed by atoms with Crippen molar-refractivity contribution in [2.24, 2.45) is 5.92 Å². The smallest absolute Gasteiger partial charge is 0.236 e. The molecule has 1 fully saturated rings. The average Bonchev–Trinajstić information content (AvgIpc) is 2.60. The highest BCUT2D eigenvalue weighted by molar-refractivity contribution is 6.17. The summed E-state index contributed by atoms with van der Waals surface area (Å²) in [5, 5.41) is 9.97. The number of ether oxygens (including phenoxy) is 1. The van der Waals surface area contributed by atoms with E-state index in [4.69, 9.17) is 4.74 Å². The van der Waals surface area contributed by atoms with Gasteiger partial charge >= 0.3 is 0 Å². The van der Waals surface area contributed by atoms with Crippen LogP contribution in [0.3, 0.4) is 0 Å². The van der Waals surface area contributed by atoms with E-state index in [0.29, 0.717) is 17.0 Å². The third-order valence-corrected chi connectivity index (χ3v) is 4.33. The fraction of sp³-hybridized carbons (Fsp3) is 0.263. The summed E-state index contributed by atoms with van der Waals surface area (Å²) in [5.41, 5.74) is 1.05. The van der Waals surface area contributed by atoms with Crippen molar-refractivity contribution in [2.75, 3.05) is 12.0 Å². The first-order valence-corrected chi connectivity index (χ1v) is 7.79. The lowest BCUT2D eigenvalue weighted by Gasteiger charge is -2.47. The highest BCUT2D eigenvalue weighted by atomic mass is 16.5. The quantitative estimate of drug-likeness (QED) is 0.676. The van der Waals surface area contributed by atoms with Crippen molar-refractivity contribution in [3.05, 3.63) is 60.2 Å². The minimum Gasteiger partial charge on any atom is -0.495 e. The molecule has 0 spiro atoms. The maximum atomic E-state index is 12.9. The highest BCUT2D eigenvalue weighted by Gasteiger charge is 2.54. The molecule has 1 amide bonds. The number of hydrogen-bond acceptors (Lipinski definition) is 4. The van der Waals surface area contributed by atoms with Gasteiger partial charge in [0.25, 0.3) is 0 Å². The van der Waals surface area contributed by atoms with Gasteiger partial charge in [-0.2, -0.15) is 0 Å². The average molecular weight is 325 g/mol. The van der Waals surface area contributed by atoms with Crippen molar-refractivity contribution in [1.29, 1.82) is 0 Å². The summed E-state index contributed by atoms with van der Waals surface area (Å²) in [6, 6.07) is 15.1. The van der Waals surface area contributed by atoms with Crippen LogP contribution in [0.4, 0.5) is 5.69 Å². The van der Waals surface area contributed by atoms with Gasteiger partial charge in [0.05, 0.1) is 24.8 Å². The number of carbonyl (C=O) groups is 2. The van der Waals surface area contributed by atoms with Crippen LogP contribution >= 0.6 is 0 Å². The number of Topliss-reactive ketones (excluding diaryl/α,β-unsaturated/α-hetero) is 1. The number of aliphatic hydroxyl groups excluding tert-OH is 1. The predicted molar refractivity (Wildman–Crippen MR) is 90.2 cm³/mol. The Morgan fingerprint density at radius 3 is 2.38 bits per heavy atom. The SMILES string of the molecule is COc1ccccc1N1C(=O)C(C(C)O)C1C(=O)c1ccccc1. The Morgan fingerprint density at radius 2 is 1.75 bits per heavy atom. The summed E-state index contributed by atoms with van der Waals surface area (Å²) >= 11 is 0. The van der Waals surface area contributed by atoms with Gasteiger partial charge in [0, 0.05) is 5.56 Å². The predicted octanol–water partition coefficient (Wildman–Crippen LogP) is 2.29. The van der Waals surface area contributed by atoms with Crippen LogP contribution in [0.5, 0.6) is 5.75 Å². The van der Waals surface area contributed by atoms with Crippen LogP contribution < -0.4 is 9.64 Å². The molecule has 0 saturated carbocycles. The fourth-order valence-electron chi connectivity index (χ4n) is 3.13. The second-order valence-electron chi connectivity index (χ2n) is 5.82. The molecule has 1 saturated heterocycles. The molecule has 1 aliphatic rings. The van der Waals surface area contributed by atoms with Gasteiger partial charge < -0.3 is 9.84 Å². The van der Waals surface area contributed by atoms with Gasteiger partial charge in [-0.15, -0.1) is 0 Å². The van der Waals surface area contributed by atoms with Crippen LogP contribution in [0.25, 0.3) is 0 Å². The monoisotopic (exact) mass is 325 g/mol. The first-order valence-electron chi connectivity index (χ1n) is 7.79. The van der Waals surface area contributed by atoms with Gasteiger partial charge in [0.15, 0.2) is 5.78 Å². The Hall–Kier alpha value is -2.66. The van der Waals surface area contributed by atoms with E-state index in [2.05, 4.69) is 0 Å². The molecule has 24 heavy (non-hydrogen) atoms. The summed E-state index contributed by atoms with van der Waals surface area (Å²) in [6.07, 6.45) is -0.902. The standard InChI is InChI=1S/C19H19NO4/c1-12(21)16-17(18(22)13-8-4-3-5-9-13)20(19(16)23)14-10-6-7-11-15(14)24-2/h3-12,16-17,21H,1-2H3. The zero-order valence-electron chi connectivity index (χ0n) is 13.5. The zero-order valence-corrected chi connectivity index (χ0v) is 13.5. The Bertz CT molecular complexity index is 757. The molecule has 3 atom stereocenters. The van der Waals surface area contributed by atoms with Gasteiger partial charge in [-0.3, -0.25) is 14.5 Å². The van der Waals surface area contributed by atoms with E-state index < -0.39 is 18.1 Å². The second-order valence-corrected chi connectivity index (χ2v) is 5.82. The van der Waals surface area contributed by atoms with Gasteiger partial charge in [-0.1, -0.05) is 42.5 Å². The molecule has 5 nitrogen and oxygen atoms in total. The number of benzene rings is 2. The molecule has 2 aromatic carbocycles. The largest absolute Gasteiger partial charge is 0.495 e. The van der Waals surface area contributed by atoms with Gasteiger partial charge in [0.1, 0.15) is 11.8 Å². The summed E-state index contributed by atoms with van der Waals surface area (Å²) in [4.78, 5) is 26.9. The van der Waals surface area contributed by atoms with E-state index in [1.807, 2.05) is 6.07 Å². The number of β-lactam (4-membered cyclic amide) rings is 1. The lowest BCUT2D eigenvalue weighted by atomic mass is 9.78. The Kier molecular flexibility index (Phi) is 4.36. The van der Waals surface area contributed by atoms with E-state index in [-0.39, 0.29) is 11.7 Å². The molecule has 1 N–H and O–H groups in total. The number of carbonyl (C=O) groups excluding carboxylic acids is 2. The lowest BCUT2D eigenvalue weighted by molar-refractivity contribution is -0.133.